The molecule has 0 amide bonds. The molecule has 0 spiro atoms. The van der Waals surface area contributed by atoms with Crippen LogP contribution in [0.1, 0.15) is 12.0 Å². The maximum atomic E-state index is 12.7. The van der Waals surface area contributed by atoms with E-state index in [2.05, 4.69) is 20.4 Å². The average molecular weight is 546 g/mol. The summed E-state index contributed by atoms with van der Waals surface area (Å²) >= 11 is 0. The van der Waals surface area contributed by atoms with Crippen LogP contribution in [0.2, 0.25) is 0 Å². The highest BCUT2D eigenvalue weighted by Crippen LogP contribution is 2.31. The molecule has 0 saturated carbocycles. The Labute approximate surface area is 199 Å². The van der Waals surface area contributed by atoms with Gasteiger partial charge in [0.25, 0.3) is 0 Å². The number of anilines is 1. The number of hydrogen-bond donors (Lipinski definition) is 2. The summed E-state index contributed by atoms with van der Waals surface area (Å²) in [6, 6.07) is 17.1. The molecular weight excluding hydrogens is 517 g/mol. The minimum atomic E-state index is -2.84. The number of guanidine groups is 1. The number of alkyl halides is 2. The van der Waals surface area contributed by atoms with Gasteiger partial charge in [0, 0.05) is 32.7 Å². The Morgan fingerprint density at radius 2 is 1.90 bits per heavy atom. The van der Waals surface area contributed by atoms with Crippen LogP contribution in [-0.2, 0) is 11.3 Å². The summed E-state index contributed by atoms with van der Waals surface area (Å²) < 4.78 is 35.7. The van der Waals surface area contributed by atoms with Crippen LogP contribution in [0.15, 0.2) is 59.6 Å². The normalized spacial score (nSPS) is 16.2. The molecule has 1 aliphatic heterocycles. The Hall–Kier alpha value is -2.14. The highest BCUT2D eigenvalue weighted by Gasteiger charge is 2.25. The zero-order chi connectivity index (χ0) is 21.2. The molecule has 1 unspecified atom stereocenters. The Morgan fingerprint density at radius 1 is 1.16 bits per heavy atom. The molecule has 2 aromatic carbocycles. The molecule has 31 heavy (non-hydrogen) atoms. The molecule has 1 atom stereocenters. The van der Waals surface area contributed by atoms with Crippen molar-refractivity contribution in [2.45, 2.75) is 25.7 Å². The van der Waals surface area contributed by atoms with Crippen LogP contribution in [0.4, 0.5) is 14.5 Å². The molecule has 3 rings (SSSR count). The van der Waals surface area contributed by atoms with Crippen molar-refractivity contribution < 1.29 is 18.3 Å². The van der Waals surface area contributed by atoms with Crippen molar-refractivity contribution in [3.05, 3.63) is 60.2 Å². The molecule has 0 bridgehead atoms. The lowest BCUT2D eigenvalue weighted by Crippen LogP contribution is -2.45. The topological polar surface area (TPSA) is 58.1 Å². The third kappa shape index (κ3) is 8.13. The Kier molecular flexibility index (Phi) is 10.8. The summed E-state index contributed by atoms with van der Waals surface area (Å²) in [6.45, 7) is 0.355. The van der Waals surface area contributed by atoms with Gasteiger partial charge in [-0.05, 0) is 24.1 Å². The molecule has 1 fully saturated rings. The van der Waals surface area contributed by atoms with Gasteiger partial charge >= 0.3 is 6.61 Å². The van der Waals surface area contributed by atoms with Crippen molar-refractivity contribution in [3.8, 4) is 5.75 Å². The fraction of sp³-hybridized carbons (Fsp3) is 0.409. The van der Waals surface area contributed by atoms with Gasteiger partial charge in [-0.2, -0.15) is 8.78 Å². The van der Waals surface area contributed by atoms with Crippen LogP contribution in [0.5, 0.6) is 5.75 Å². The van der Waals surface area contributed by atoms with Crippen molar-refractivity contribution in [2.75, 3.05) is 38.2 Å². The Bertz CT molecular complexity index is 811. The molecule has 2 aromatic rings. The molecule has 2 N–H and O–H groups in total. The maximum Gasteiger partial charge on any atom is 0.387 e. The second kappa shape index (κ2) is 13.3. The molecule has 0 radical (unpaired) electrons. The van der Waals surface area contributed by atoms with Crippen molar-refractivity contribution in [1.82, 2.24) is 10.6 Å². The zero-order valence-electron chi connectivity index (χ0n) is 17.5. The van der Waals surface area contributed by atoms with Gasteiger partial charge < -0.3 is 25.0 Å². The minimum absolute atomic E-state index is 0. The molecule has 0 aromatic heterocycles. The Morgan fingerprint density at radius 3 is 2.65 bits per heavy atom. The lowest BCUT2D eigenvalue weighted by Gasteiger charge is -2.22. The molecule has 9 heteroatoms. The van der Waals surface area contributed by atoms with E-state index in [0.29, 0.717) is 38.0 Å². The minimum Gasteiger partial charge on any atom is -0.433 e. The smallest absolute Gasteiger partial charge is 0.387 e. The van der Waals surface area contributed by atoms with Crippen LogP contribution in [0, 0.1) is 0 Å². The highest BCUT2D eigenvalue weighted by molar-refractivity contribution is 14.0. The maximum absolute atomic E-state index is 12.7. The number of aliphatic imine (C=N–C) groups is 1. The van der Waals surface area contributed by atoms with Crippen LogP contribution in [-0.4, -0.2) is 51.9 Å². The lowest BCUT2D eigenvalue weighted by atomic mass is 10.2. The average Bonchev–Trinajstić information content (AvgIpc) is 3.21. The summed E-state index contributed by atoms with van der Waals surface area (Å²) in [5.74, 6) is 0.897. The highest BCUT2D eigenvalue weighted by atomic mass is 127. The molecule has 0 aliphatic carbocycles. The number of nitrogens with one attached hydrogen (secondary N) is 2. The number of ether oxygens (including phenoxy) is 2. The third-order valence-corrected chi connectivity index (χ3v) is 4.83. The van der Waals surface area contributed by atoms with E-state index in [1.165, 1.54) is 0 Å². The zero-order valence-corrected chi connectivity index (χ0v) is 19.8. The lowest BCUT2D eigenvalue weighted by molar-refractivity contribution is -0.0495. The molecule has 1 aliphatic rings. The van der Waals surface area contributed by atoms with E-state index in [1.54, 1.807) is 25.2 Å². The second-order valence-electron chi connectivity index (χ2n) is 6.96. The van der Waals surface area contributed by atoms with Crippen LogP contribution >= 0.6 is 24.0 Å². The van der Waals surface area contributed by atoms with Crippen molar-refractivity contribution in [2.24, 2.45) is 4.99 Å². The molecular formula is C22H29F2IN4O2. The predicted molar refractivity (Wildman–Crippen MR) is 130 cm³/mol. The largest absolute Gasteiger partial charge is 0.433 e. The first kappa shape index (κ1) is 25.1. The fourth-order valence-corrected chi connectivity index (χ4v) is 3.40. The van der Waals surface area contributed by atoms with Gasteiger partial charge in [-0.25, -0.2) is 0 Å². The molecule has 170 valence electrons. The van der Waals surface area contributed by atoms with Crippen LogP contribution in [0.3, 0.4) is 0 Å². The monoisotopic (exact) mass is 546 g/mol. The van der Waals surface area contributed by atoms with Gasteiger partial charge in [-0.3, -0.25) is 4.99 Å². The van der Waals surface area contributed by atoms with Gasteiger partial charge in [0.2, 0.25) is 0 Å². The van der Waals surface area contributed by atoms with E-state index in [1.807, 2.05) is 41.3 Å². The molecule has 6 nitrogen and oxygen atoms in total. The van der Waals surface area contributed by atoms with Crippen molar-refractivity contribution in [3.63, 3.8) is 0 Å². The van der Waals surface area contributed by atoms with E-state index in [9.17, 15) is 8.78 Å². The number of hydrogen-bond acceptors (Lipinski definition) is 4. The fourth-order valence-electron chi connectivity index (χ4n) is 3.40. The number of benzene rings is 2. The van der Waals surface area contributed by atoms with E-state index in [4.69, 9.17) is 4.74 Å². The van der Waals surface area contributed by atoms with Gasteiger partial charge in [-0.15, -0.1) is 24.0 Å². The first-order valence-electron chi connectivity index (χ1n) is 10.0. The van der Waals surface area contributed by atoms with E-state index >= 15 is 0 Å². The Balaban J connectivity index is 0.00000341. The molecule has 1 heterocycles. The summed E-state index contributed by atoms with van der Waals surface area (Å²) in [6.07, 6.45) is 0.869. The first-order chi connectivity index (χ1) is 14.7. The van der Waals surface area contributed by atoms with Crippen molar-refractivity contribution >= 4 is 35.6 Å². The molecule has 1 saturated heterocycles. The summed E-state index contributed by atoms with van der Waals surface area (Å²) in [7, 11) is 1.72. The summed E-state index contributed by atoms with van der Waals surface area (Å²) in [5.41, 5.74) is 1.82. The quantitative estimate of drug-likeness (QED) is 0.217. The van der Waals surface area contributed by atoms with Gasteiger partial charge in [0.1, 0.15) is 5.75 Å². The number of para-hydroxylation sites is 2. The van der Waals surface area contributed by atoms with E-state index in [-0.39, 0.29) is 35.8 Å². The predicted octanol–water partition coefficient (Wildman–Crippen LogP) is 3.87. The first-order valence-corrected chi connectivity index (χ1v) is 10.0. The SMILES string of the molecule is CN=C(NCCOCc1ccccc1)NC1CCN(c2ccccc2OC(F)F)C1.I. The number of rotatable bonds is 9. The third-order valence-electron chi connectivity index (χ3n) is 4.83. The van der Waals surface area contributed by atoms with E-state index < -0.39 is 6.61 Å². The van der Waals surface area contributed by atoms with Crippen LogP contribution < -0.4 is 20.3 Å². The standard InChI is InChI=1S/C22H28F2N4O2.HI/c1-25-22(26-12-14-29-16-17-7-3-2-4-8-17)27-18-11-13-28(15-18)19-9-5-6-10-20(19)30-21(23)24;/h2-10,18,21H,11-16H2,1H3,(H2,25,26,27);1H. The van der Waals surface area contributed by atoms with Gasteiger partial charge in [0.05, 0.1) is 18.9 Å². The second-order valence-corrected chi connectivity index (χ2v) is 6.96. The summed E-state index contributed by atoms with van der Waals surface area (Å²) in [5, 5.41) is 6.63. The number of nitrogens with zero attached hydrogens (tertiary/aromatic N) is 2. The van der Waals surface area contributed by atoms with Gasteiger partial charge in [-0.1, -0.05) is 42.5 Å². The van der Waals surface area contributed by atoms with E-state index in [0.717, 1.165) is 18.5 Å². The van der Waals surface area contributed by atoms with Crippen molar-refractivity contribution in [1.29, 1.82) is 0 Å². The van der Waals surface area contributed by atoms with Gasteiger partial charge in [0.15, 0.2) is 5.96 Å². The number of halogens is 3. The van der Waals surface area contributed by atoms with Crippen LogP contribution in [0.25, 0.3) is 0 Å². The summed E-state index contributed by atoms with van der Waals surface area (Å²) in [4.78, 5) is 6.31.